The fraction of sp³-hybridized carbons (Fsp3) is 0. The van der Waals surface area contributed by atoms with Gasteiger partial charge in [-0.1, -0.05) is 51.3 Å². The van der Waals surface area contributed by atoms with Gasteiger partial charge in [0.05, 0.1) is 16.4 Å². The van der Waals surface area contributed by atoms with Crippen molar-refractivity contribution in [3.63, 3.8) is 0 Å². The quantitative estimate of drug-likeness (QED) is 0.357. The van der Waals surface area contributed by atoms with Gasteiger partial charge in [-0.15, -0.1) is 0 Å². The Bertz CT molecular complexity index is 1040. The van der Waals surface area contributed by atoms with Gasteiger partial charge in [-0.2, -0.15) is 10.4 Å². The lowest BCUT2D eigenvalue weighted by Crippen LogP contribution is -2.31. The summed E-state index contributed by atoms with van der Waals surface area (Å²) in [5.74, 6) is 4.55. The second-order valence-electron chi connectivity index (χ2n) is 5.17. The van der Waals surface area contributed by atoms with Crippen molar-refractivity contribution in [3.8, 4) is 23.0 Å². The lowest BCUT2D eigenvalue weighted by molar-refractivity contribution is 0.0948. The summed E-state index contributed by atoms with van der Waals surface area (Å²) in [5, 5.41) is 14.7. The summed E-state index contributed by atoms with van der Waals surface area (Å²) in [6.45, 7) is 0. The molecule has 26 heavy (non-hydrogen) atoms. The van der Waals surface area contributed by atoms with Gasteiger partial charge in [-0.25, -0.2) is 10.5 Å². The average Bonchev–Trinajstić information content (AvgIpc) is 3.01. The second-order valence-corrected chi connectivity index (χ2v) is 6.93. The van der Waals surface area contributed by atoms with Crippen LogP contribution in [-0.2, 0) is 0 Å². The van der Waals surface area contributed by atoms with Crippen LogP contribution in [0.15, 0.2) is 46.9 Å². The fourth-order valence-electron chi connectivity index (χ4n) is 2.45. The van der Waals surface area contributed by atoms with Crippen LogP contribution in [0.3, 0.4) is 0 Å². The van der Waals surface area contributed by atoms with Gasteiger partial charge in [0.1, 0.15) is 11.6 Å². The lowest BCUT2D eigenvalue weighted by atomic mass is 10.1. The Balaban J connectivity index is 2.35. The molecule has 1 aromatic heterocycles. The van der Waals surface area contributed by atoms with Crippen LogP contribution >= 0.6 is 39.1 Å². The second kappa shape index (κ2) is 7.48. The van der Waals surface area contributed by atoms with Crippen LogP contribution in [0.5, 0.6) is 0 Å². The molecule has 0 aliphatic rings. The molecule has 6 nitrogen and oxygen atoms in total. The maximum atomic E-state index is 12.1. The number of aromatic nitrogens is 2. The summed E-state index contributed by atoms with van der Waals surface area (Å²) in [6, 6.07) is 14.1. The first-order valence-electron chi connectivity index (χ1n) is 7.21. The van der Waals surface area contributed by atoms with Crippen molar-refractivity contribution in [1.29, 1.82) is 5.26 Å². The van der Waals surface area contributed by atoms with Crippen molar-refractivity contribution in [2.45, 2.75) is 0 Å². The third-order valence-corrected chi connectivity index (χ3v) is 4.67. The molecule has 3 aromatic rings. The van der Waals surface area contributed by atoms with Crippen molar-refractivity contribution in [2.75, 3.05) is 0 Å². The highest BCUT2D eigenvalue weighted by atomic mass is 79.9. The first-order chi connectivity index (χ1) is 12.5. The minimum absolute atomic E-state index is 0.0845. The highest BCUT2D eigenvalue weighted by Gasteiger charge is 2.25. The van der Waals surface area contributed by atoms with Crippen LogP contribution in [0.25, 0.3) is 16.9 Å². The number of hydrogen-bond acceptors (Lipinski definition) is 4. The van der Waals surface area contributed by atoms with E-state index in [-0.39, 0.29) is 11.3 Å². The van der Waals surface area contributed by atoms with E-state index in [1.807, 2.05) is 23.6 Å². The zero-order chi connectivity index (χ0) is 18.8. The number of nitrogens with zero attached hydrogens (tertiary/aromatic N) is 3. The third-order valence-electron chi connectivity index (χ3n) is 3.60. The summed E-state index contributed by atoms with van der Waals surface area (Å²) in [7, 11) is 0. The van der Waals surface area contributed by atoms with Crippen LogP contribution in [0.1, 0.15) is 16.1 Å². The Morgan fingerprint density at radius 2 is 1.92 bits per heavy atom. The van der Waals surface area contributed by atoms with Gasteiger partial charge in [0.2, 0.25) is 0 Å². The van der Waals surface area contributed by atoms with Crippen LogP contribution in [0.4, 0.5) is 0 Å². The van der Waals surface area contributed by atoms with Gasteiger partial charge in [-0.3, -0.25) is 10.2 Å². The number of nitrogens with one attached hydrogen (secondary N) is 1. The molecule has 1 heterocycles. The number of carbonyl (C=O) groups excluding carboxylic acids is 1. The summed E-state index contributed by atoms with van der Waals surface area (Å²) >= 11 is 15.6. The molecule has 3 rings (SSSR count). The van der Waals surface area contributed by atoms with E-state index in [0.717, 1.165) is 4.47 Å². The van der Waals surface area contributed by atoms with Crippen molar-refractivity contribution >= 4 is 45.0 Å². The average molecular weight is 451 g/mol. The Kier molecular flexibility index (Phi) is 5.30. The molecule has 0 spiro atoms. The maximum absolute atomic E-state index is 12.1. The molecule has 9 heteroatoms. The lowest BCUT2D eigenvalue weighted by Gasteiger charge is -2.10. The number of halogens is 3. The number of benzene rings is 2. The number of nitriles is 1. The van der Waals surface area contributed by atoms with Crippen LogP contribution in [0.2, 0.25) is 10.0 Å². The Morgan fingerprint density at radius 1 is 1.23 bits per heavy atom. The minimum Gasteiger partial charge on any atom is -0.289 e. The molecule has 0 radical (unpaired) electrons. The number of rotatable bonds is 3. The van der Waals surface area contributed by atoms with Crippen LogP contribution < -0.4 is 11.3 Å². The van der Waals surface area contributed by atoms with Crippen molar-refractivity contribution in [1.82, 2.24) is 15.2 Å². The van der Waals surface area contributed by atoms with E-state index in [2.05, 4.69) is 21.0 Å². The molecule has 3 N–H and O–H groups in total. The molecule has 0 unspecified atom stereocenters. The van der Waals surface area contributed by atoms with Crippen molar-refractivity contribution in [2.24, 2.45) is 5.84 Å². The number of nitrogens with two attached hydrogens (primary N) is 1. The topological polar surface area (TPSA) is 96.7 Å². The zero-order valence-electron chi connectivity index (χ0n) is 13.0. The molecule has 0 aliphatic carbocycles. The van der Waals surface area contributed by atoms with Gasteiger partial charge < -0.3 is 0 Å². The summed E-state index contributed by atoms with van der Waals surface area (Å²) in [6.07, 6.45) is 0. The van der Waals surface area contributed by atoms with Crippen molar-refractivity contribution < 1.29 is 4.79 Å². The first-order valence-corrected chi connectivity index (χ1v) is 8.76. The Hall–Kier alpha value is -2.37. The number of nitrogen functional groups attached to an aromatic ring is 1. The molecular formula is C17H10BrCl2N5O. The van der Waals surface area contributed by atoms with E-state index in [4.69, 9.17) is 29.0 Å². The van der Waals surface area contributed by atoms with Crippen LogP contribution in [0, 0.1) is 11.3 Å². The van der Waals surface area contributed by atoms with Gasteiger partial charge in [0.25, 0.3) is 5.91 Å². The minimum atomic E-state index is -0.677. The highest BCUT2D eigenvalue weighted by Crippen LogP contribution is 2.33. The molecule has 0 bridgehead atoms. The molecule has 0 atom stereocenters. The summed E-state index contributed by atoms with van der Waals surface area (Å²) in [4.78, 5) is 12.1. The van der Waals surface area contributed by atoms with Crippen LogP contribution in [-0.4, -0.2) is 15.7 Å². The molecule has 0 saturated carbocycles. The number of carbonyl (C=O) groups is 1. The fourth-order valence-corrected chi connectivity index (χ4v) is 3.21. The van der Waals surface area contributed by atoms with E-state index in [9.17, 15) is 10.1 Å². The SMILES string of the molecule is N#Cc1c(C(=O)NN)nn(-c2ccc(Cl)cc2Cl)c1-c1ccc(Br)cc1. The molecule has 2 aromatic carbocycles. The smallest absolute Gasteiger partial charge is 0.287 e. The molecule has 0 fully saturated rings. The van der Waals surface area contributed by atoms with Crippen molar-refractivity contribution in [3.05, 3.63) is 68.2 Å². The molecule has 0 aliphatic heterocycles. The van der Waals surface area contributed by atoms with E-state index in [0.29, 0.717) is 27.0 Å². The monoisotopic (exact) mass is 449 g/mol. The molecule has 1 amide bonds. The number of amides is 1. The standard InChI is InChI=1S/C17H10BrCl2N5O/c18-10-3-1-9(2-4-10)16-12(8-21)15(17(26)23-22)24-25(16)14-6-5-11(19)7-13(14)20/h1-7H,22H2,(H,23,26). The first kappa shape index (κ1) is 18.4. The largest absolute Gasteiger partial charge is 0.289 e. The van der Waals surface area contributed by atoms with E-state index < -0.39 is 5.91 Å². The summed E-state index contributed by atoms with van der Waals surface area (Å²) in [5.41, 5.74) is 3.56. The summed E-state index contributed by atoms with van der Waals surface area (Å²) < 4.78 is 2.31. The normalized spacial score (nSPS) is 10.4. The van der Waals surface area contributed by atoms with Gasteiger partial charge in [0, 0.05) is 15.1 Å². The van der Waals surface area contributed by atoms with Gasteiger partial charge in [-0.05, 0) is 30.3 Å². The highest BCUT2D eigenvalue weighted by molar-refractivity contribution is 9.10. The van der Waals surface area contributed by atoms with E-state index >= 15 is 0 Å². The number of hydrogen-bond donors (Lipinski definition) is 2. The Labute approximate surface area is 167 Å². The maximum Gasteiger partial charge on any atom is 0.287 e. The predicted octanol–water partition coefficient (Wildman–Crippen LogP) is 4.08. The predicted molar refractivity (Wildman–Crippen MR) is 103 cm³/mol. The Morgan fingerprint density at radius 3 is 2.50 bits per heavy atom. The van der Waals surface area contributed by atoms with Gasteiger partial charge in [0.15, 0.2) is 5.69 Å². The van der Waals surface area contributed by atoms with E-state index in [1.54, 1.807) is 30.3 Å². The zero-order valence-corrected chi connectivity index (χ0v) is 16.1. The van der Waals surface area contributed by atoms with E-state index in [1.165, 1.54) is 4.68 Å². The molecule has 130 valence electrons. The molecular weight excluding hydrogens is 441 g/mol. The number of hydrazine groups is 1. The molecule has 0 saturated heterocycles. The van der Waals surface area contributed by atoms with Gasteiger partial charge >= 0.3 is 0 Å². The third kappa shape index (κ3) is 3.32.